The number of rotatable bonds is 5. The van der Waals surface area contributed by atoms with Gasteiger partial charge in [0.15, 0.2) is 0 Å². The minimum Gasteiger partial charge on any atom is -0.330 e. The Morgan fingerprint density at radius 1 is 1.33 bits per heavy atom. The molecule has 0 saturated heterocycles. The van der Waals surface area contributed by atoms with Gasteiger partial charge in [-0.2, -0.15) is 5.26 Å². The van der Waals surface area contributed by atoms with Crippen LogP contribution < -0.4 is 5.73 Å². The molecule has 2 unspecified atom stereocenters. The number of nitrogens with two attached hydrogens (primary N) is 1. The fraction of sp³-hybridized carbons (Fsp3) is 0.588. The van der Waals surface area contributed by atoms with Crippen molar-refractivity contribution < 1.29 is 4.39 Å². The van der Waals surface area contributed by atoms with Crippen molar-refractivity contribution in [2.45, 2.75) is 45.2 Å². The van der Waals surface area contributed by atoms with Gasteiger partial charge in [-0.1, -0.05) is 19.8 Å². The highest BCUT2D eigenvalue weighted by Gasteiger charge is 2.28. The van der Waals surface area contributed by atoms with Crippen LogP contribution in [0.5, 0.6) is 0 Å². The summed E-state index contributed by atoms with van der Waals surface area (Å²) in [5, 5.41) is 8.96. The van der Waals surface area contributed by atoms with E-state index in [1.165, 1.54) is 31.4 Å². The van der Waals surface area contributed by atoms with Crippen molar-refractivity contribution >= 4 is 0 Å². The van der Waals surface area contributed by atoms with Gasteiger partial charge in [-0.15, -0.1) is 0 Å². The van der Waals surface area contributed by atoms with Crippen LogP contribution in [-0.4, -0.2) is 24.0 Å². The Morgan fingerprint density at radius 3 is 2.76 bits per heavy atom. The number of nitrogens with zero attached hydrogens (tertiary/aromatic N) is 2. The van der Waals surface area contributed by atoms with Crippen LogP contribution in [0.15, 0.2) is 18.2 Å². The minimum absolute atomic E-state index is 0.334. The summed E-state index contributed by atoms with van der Waals surface area (Å²) in [6.07, 6.45) is 4.85. The van der Waals surface area contributed by atoms with Crippen molar-refractivity contribution in [3.8, 4) is 6.07 Å². The van der Waals surface area contributed by atoms with Crippen molar-refractivity contribution in [1.29, 1.82) is 5.26 Å². The highest BCUT2D eigenvalue weighted by atomic mass is 19.1. The molecule has 0 radical (unpaired) electrons. The number of halogens is 1. The Morgan fingerprint density at radius 2 is 2.10 bits per heavy atom. The molecule has 0 heterocycles. The second-order valence-electron chi connectivity index (χ2n) is 5.87. The van der Waals surface area contributed by atoms with Gasteiger partial charge >= 0.3 is 0 Å². The third kappa shape index (κ3) is 4.03. The van der Waals surface area contributed by atoms with E-state index in [1.54, 1.807) is 6.07 Å². The summed E-state index contributed by atoms with van der Waals surface area (Å²) in [4.78, 5) is 2.38. The van der Waals surface area contributed by atoms with Crippen molar-refractivity contribution in [3.63, 3.8) is 0 Å². The summed E-state index contributed by atoms with van der Waals surface area (Å²) in [5.41, 5.74) is 7.18. The quantitative estimate of drug-likeness (QED) is 0.906. The standard InChI is InChI=1S/C17H24FN3/c1-2-21(17-6-4-3-5-15(17)11-20)12-14-7-13(10-19)8-16(18)9-14/h7-9,15,17H,2-6,11-12,20H2,1H3. The number of benzene rings is 1. The van der Waals surface area contributed by atoms with Crippen LogP contribution in [0.4, 0.5) is 4.39 Å². The van der Waals surface area contributed by atoms with E-state index in [4.69, 9.17) is 11.0 Å². The van der Waals surface area contributed by atoms with Crippen LogP contribution in [0.2, 0.25) is 0 Å². The van der Waals surface area contributed by atoms with Crippen LogP contribution in [0.1, 0.15) is 43.7 Å². The molecule has 1 aromatic carbocycles. The van der Waals surface area contributed by atoms with Gasteiger partial charge in [0, 0.05) is 12.6 Å². The molecule has 1 saturated carbocycles. The van der Waals surface area contributed by atoms with Crippen LogP contribution in [-0.2, 0) is 6.54 Å². The molecule has 0 bridgehead atoms. The summed E-state index contributed by atoms with van der Waals surface area (Å²) in [5.74, 6) is 0.196. The largest absolute Gasteiger partial charge is 0.330 e. The number of nitriles is 1. The first kappa shape index (κ1) is 15.9. The van der Waals surface area contributed by atoms with Gasteiger partial charge in [-0.05, 0) is 55.6 Å². The first-order valence-corrected chi connectivity index (χ1v) is 7.81. The lowest BCUT2D eigenvalue weighted by Crippen LogP contribution is -2.44. The third-order valence-corrected chi connectivity index (χ3v) is 4.52. The average molecular weight is 289 g/mol. The van der Waals surface area contributed by atoms with E-state index in [2.05, 4.69) is 11.8 Å². The summed E-state index contributed by atoms with van der Waals surface area (Å²) < 4.78 is 13.6. The number of hydrogen-bond donors (Lipinski definition) is 1. The molecule has 1 fully saturated rings. The third-order valence-electron chi connectivity index (χ3n) is 4.52. The molecule has 2 N–H and O–H groups in total. The SMILES string of the molecule is CCN(Cc1cc(F)cc(C#N)c1)C1CCCCC1CN. The molecule has 3 nitrogen and oxygen atoms in total. The highest BCUT2D eigenvalue weighted by Crippen LogP contribution is 2.29. The van der Waals surface area contributed by atoms with E-state index < -0.39 is 0 Å². The minimum atomic E-state index is -0.334. The average Bonchev–Trinajstić information content (AvgIpc) is 2.52. The summed E-state index contributed by atoms with van der Waals surface area (Å²) in [6, 6.07) is 7.09. The van der Waals surface area contributed by atoms with E-state index >= 15 is 0 Å². The fourth-order valence-electron chi connectivity index (χ4n) is 3.45. The van der Waals surface area contributed by atoms with Crippen molar-refractivity contribution in [1.82, 2.24) is 4.90 Å². The first-order valence-electron chi connectivity index (χ1n) is 7.81. The molecule has 0 aromatic heterocycles. The molecular weight excluding hydrogens is 265 g/mol. The smallest absolute Gasteiger partial charge is 0.124 e. The van der Waals surface area contributed by atoms with Gasteiger partial charge in [0.25, 0.3) is 0 Å². The van der Waals surface area contributed by atoms with Crippen molar-refractivity contribution in [2.24, 2.45) is 11.7 Å². The second kappa shape index (κ2) is 7.53. The van der Waals surface area contributed by atoms with Crippen LogP contribution in [0, 0.1) is 23.1 Å². The Hall–Kier alpha value is -1.44. The topological polar surface area (TPSA) is 53.0 Å². The van der Waals surface area contributed by atoms with Gasteiger partial charge in [-0.25, -0.2) is 4.39 Å². The van der Waals surface area contributed by atoms with E-state index in [0.29, 0.717) is 30.6 Å². The molecule has 0 aliphatic heterocycles. The molecule has 1 aliphatic carbocycles. The van der Waals surface area contributed by atoms with Crippen LogP contribution in [0.3, 0.4) is 0 Å². The van der Waals surface area contributed by atoms with Crippen molar-refractivity contribution in [2.75, 3.05) is 13.1 Å². The molecule has 1 aliphatic rings. The Kier molecular flexibility index (Phi) is 5.72. The maximum atomic E-state index is 13.6. The van der Waals surface area contributed by atoms with Gasteiger partial charge < -0.3 is 5.73 Å². The monoisotopic (exact) mass is 289 g/mol. The first-order chi connectivity index (χ1) is 10.2. The summed E-state index contributed by atoms with van der Waals surface area (Å²) in [6.45, 7) is 4.45. The number of hydrogen-bond acceptors (Lipinski definition) is 3. The van der Waals surface area contributed by atoms with Crippen molar-refractivity contribution in [3.05, 3.63) is 35.1 Å². The van der Waals surface area contributed by atoms with Gasteiger partial charge in [0.1, 0.15) is 5.82 Å². The van der Waals surface area contributed by atoms with E-state index in [9.17, 15) is 4.39 Å². The summed E-state index contributed by atoms with van der Waals surface area (Å²) in [7, 11) is 0. The Bertz CT molecular complexity index is 509. The van der Waals surface area contributed by atoms with E-state index in [1.807, 2.05) is 6.07 Å². The fourth-order valence-corrected chi connectivity index (χ4v) is 3.45. The van der Waals surface area contributed by atoms with Crippen LogP contribution in [0.25, 0.3) is 0 Å². The van der Waals surface area contributed by atoms with Gasteiger partial charge in [0.2, 0.25) is 0 Å². The predicted molar refractivity (Wildman–Crippen MR) is 82.0 cm³/mol. The molecular formula is C17H24FN3. The highest BCUT2D eigenvalue weighted by molar-refractivity contribution is 5.33. The lowest BCUT2D eigenvalue weighted by Gasteiger charge is -2.39. The Labute approximate surface area is 126 Å². The predicted octanol–water partition coefficient (Wildman–Crippen LogP) is 3.04. The maximum Gasteiger partial charge on any atom is 0.124 e. The molecule has 0 spiro atoms. The van der Waals surface area contributed by atoms with E-state index in [0.717, 1.165) is 18.5 Å². The molecule has 2 atom stereocenters. The Balaban J connectivity index is 2.15. The molecule has 0 amide bonds. The van der Waals surface area contributed by atoms with Gasteiger partial charge in [0.05, 0.1) is 11.6 Å². The normalized spacial score (nSPS) is 22.2. The summed E-state index contributed by atoms with van der Waals surface area (Å²) >= 11 is 0. The zero-order valence-corrected chi connectivity index (χ0v) is 12.7. The lowest BCUT2D eigenvalue weighted by molar-refractivity contribution is 0.105. The molecule has 114 valence electrons. The van der Waals surface area contributed by atoms with Gasteiger partial charge in [-0.3, -0.25) is 4.90 Å². The molecule has 21 heavy (non-hydrogen) atoms. The molecule has 2 rings (SSSR count). The van der Waals surface area contributed by atoms with Crippen LogP contribution >= 0.6 is 0 Å². The lowest BCUT2D eigenvalue weighted by atomic mass is 9.83. The zero-order valence-electron chi connectivity index (χ0n) is 12.7. The molecule has 4 heteroatoms. The second-order valence-corrected chi connectivity index (χ2v) is 5.87. The molecule has 1 aromatic rings. The zero-order chi connectivity index (χ0) is 15.2. The maximum absolute atomic E-state index is 13.6. The van der Waals surface area contributed by atoms with E-state index in [-0.39, 0.29) is 5.82 Å².